The van der Waals surface area contributed by atoms with Crippen molar-refractivity contribution < 1.29 is 9.47 Å². The van der Waals surface area contributed by atoms with E-state index in [1.807, 2.05) is 6.07 Å². The molecule has 1 aliphatic carbocycles. The molecule has 1 aliphatic rings. The molecule has 0 heterocycles. The van der Waals surface area contributed by atoms with E-state index in [0.717, 1.165) is 30.0 Å². The lowest BCUT2D eigenvalue weighted by atomic mass is 9.89. The first-order valence-corrected chi connectivity index (χ1v) is 8.55. The van der Waals surface area contributed by atoms with Crippen molar-refractivity contribution in [2.24, 2.45) is 5.92 Å². The molecule has 23 heavy (non-hydrogen) atoms. The summed E-state index contributed by atoms with van der Waals surface area (Å²) in [6, 6.07) is 4.10. The fraction of sp³-hybridized carbons (Fsp3) is 0.600. The smallest absolute Gasteiger partial charge is 0.176 e. The third-order valence-electron chi connectivity index (χ3n) is 4.47. The highest BCUT2D eigenvalue weighted by Gasteiger charge is 2.15. The molecule has 3 nitrogen and oxygen atoms in total. The highest BCUT2D eigenvalue weighted by molar-refractivity contribution is 5.58. The summed E-state index contributed by atoms with van der Waals surface area (Å²) in [5.41, 5.74) is 2.24. The second-order valence-corrected chi connectivity index (χ2v) is 6.49. The van der Waals surface area contributed by atoms with Crippen LogP contribution in [0.4, 0.5) is 0 Å². The number of rotatable bonds is 5. The summed E-state index contributed by atoms with van der Waals surface area (Å²) in [6.45, 7) is 0.994. The van der Waals surface area contributed by atoms with E-state index in [1.165, 1.54) is 37.7 Å². The van der Waals surface area contributed by atoms with Crippen molar-refractivity contribution in [2.45, 2.75) is 38.5 Å². The van der Waals surface area contributed by atoms with Crippen LogP contribution in [0.3, 0.4) is 0 Å². The lowest BCUT2D eigenvalue weighted by Crippen LogP contribution is -2.15. The molecule has 0 amide bonds. The van der Waals surface area contributed by atoms with Crippen LogP contribution < -0.4 is 9.47 Å². The number of hydrogen-bond donors (Lipinski definition) is 0. The minimum atomic E-state index is 0.529. The first-order chi connectivity index (χ1) is 11.2. The Morgan fingerprint density at radius 1 is 1.09 bits per heavy atom. The Hall–Kier alpha value is -1.66. The number of likely N-dealkylation sites (N-methyl/N-ethyl adjacent to an activating group) is 1. The van der Waals surface area contributed by atoms with Gasteiger partial charge in [0.1, 0.15) is 0 Å². The summed E-state index contributed by atoms with van der Waals surface area (Å²) in [5, 5.41) is 0. The molecule has 2 rings (SSSR count). The minimum absolute atomic E-state index is 0.529. The lowest BCUT2D eigenvalue weighted by Gasteiger charge is -2.17. The average molecular weight is 315 g/mol. The maximum Gasteiger partial charge on any atom is 0.176 e. The Kier molecular flexibility index (Phi) is 6.80. The predicted molar refractivity (Wildman–Crippen MR) is 95.3 cm³/mol. The molecule has 1 aromatic carbocycles. The van der Waals surface area contributed by atoms with Gasteiger partial charge in [0, 0.05) is 12.5 Å². The molecule has 1 fully saturated rings. The molecular formula is C20H29NO2. The van der Waals surface area contributed by atoms with E-state index in [0.29, 0.717) is 5.92 Å². The molecule has 1 aromatic rings. The number of ether oxygens (including phenoxy) is 2. The Balaban J connectivity index is 2.33. The Morgan fingerprint density at radius 3 is 2.43 bits per heavy atom. The van der Waals surface area contributed by atoms with Gasteiger partial charge in [-0.2, -0.15) is 0 Å². The van der Waals surface area contributed by atoms with Crippen molar-refractivity contribution in [2.75, 3.05) is 34.9 Å². The van der Waals surface area contributed by atoms with Crippen molar-refractivity contribution in [3.05, 3.63) is 23.3 Å². The van der Waals surface area contributed by atoms with Gasteiger partial charge >= 0.3 is 0 Å². The zero-order valence-corrected chi connectivity index (χ0v) is 14.9. The van der Waals surface area contributed by atoms with E-state index in [1.54, 1.807) is 14.2 Å². The topological polar surface area (TPSA) is 21.7 Å². The summed E-state index contributed by atoms with van der Waals surface area (Å²) in [7, 11) is 7.55. The van der Waals surface area contributed by atoms with Crippen molar-refractivity contribution >= 4 is 0 Å². The quantitative estimate of drug-likeness (QED) is 0.773. The first-order valence-electron chi connectivity index (χ1n) is 8.55. The fourth-order valence-electron chi connectivity index (χ4n) is 3.08. The van der Waals surface area contributed by atoms with Gasteiger partial charge in [0.05, 0.1) is 19.8 Å². The maximum atomic E-state index is 5.61. The highest BCUT2D eigenvalue weighted by Crippen LogP contribution is 2.33. The third kappa shape index (κ3) is 4.91. The van der Waals surface area contributed by atoms with E-state index in [9.17, 15) is 0 Å². The van der Waals surface area contributed by atoms with Gasteiger partial charge in [-0.15, -0.1) is 0 Å². The SMILES string of the molecule is COc1ccc(CCN(C)C)c(C#CC2CCCCC2)c1OC. The Morgan fingerprint density at radius 2 is 1.83 bits per heavy atom. The summed E-state index contributed by atoms with van der Waals surface area (Å²) < 4.78 is 11.1. The zero-order chi connectivity index (χ0) is 16.7. The van der Waals surface area contributed by atoms with Crippen LogP contribution in [-0.4, -0.2) is 39.8 Å². The summed E-state index contributed by atoms with van der Waals surface area (Å²) in [5.74, 6) is 8.98. The van der Waals surface area contributed by atoms with E-state index >= 15 is 0 Å². The Labute approximate surface area is 141 Å². The largest absolute Gasteiger partial charge is 0.493 e. The van der Waals surface area contributed by atoms with Gasteiger partial charge in [-0.1, -0.05) is 37.2 Å². The summed E-state index contributed by atoms with van der Waals surface area (Å²) >= 11 is 0. The lowest BCUT2D eigenvalue weighted by molar-refractivity contribution is 0.353. The standard InChI is InChI=1S/C20H29NO2/c1-21(2)15-14-17-11-13-19(22-3)20(23-4)18(17)12-10-16-8-6-5-7-9-16/h11,13,16H,5-9,14-15H2,1-4H3. The van der Waals surface area contributed by atoms with Crippen molar-refractivity contribution in [1.29, 1.82) is 0 Å². The van der Waals surface area contributed by atoms with Crippen LogP contribution in [0.25, 0.3) is 0 Å². The first kappa shape index (κ1) is 17.7. The van der Waals surface area contributed by atoms with Crippen LogP contribution in [-0.2, 0) is 6.42 Å². The summed E-state index contributed by atoms with van der Waals surface area (Å²) in [6.07, 6.45) is 7.39. The van der Waals surface area contributed by atoms with Crippen molar-refractivity contribution in [1.82, 2.24) is 4.90 Å². The van der Waals surface area contributed by atoms with Crippen LogP contribution in [0.15, 0.2) is 12.1 Å². The molecule has 0 spiro atoms. The van der Waals surface area contributed by atoms with Crippen LogP contribution in [0.1, 0.15) is 43.2 Å². The van der Waals surface area contributed by atoms with Gasteiger partial charge in [-0.25, -0.2) is 0 Å². The molecular weight excluding hydrogens is 286 g/mol. The molecule has 3 heteroatoms. The van der Waals surface area contributed by atoms with Gasteiger partial charge in [0.2, 0.25) is 0 Å². The molecule has 0 radical (unpaired) electrons. The van der Waals surface area contributed by atoms with Gasteiger partial charge in [-0.3, -0.25) is 0 Å². The summed E-state index contributed by atoms with van der Waals surface area (Å²) in [4.78, 5) is 2.19. The number of methoxy groups -OCH3 is 2. The average Bonchev–Trinajstić information content (AvgIpc) is 2.58. The molecule has 0 atom stereocenters. The molecule has 1 saturated carbocycles. The monoisotopic (exact) mass is 315 g/mol. The molecule has 0 aromatic heterocycles. The molecule has 0 aliphatic heterocycles. The number of hydrogen-bond acceptors (Lipinski definition) is 3. The molecule has 0 unspecified atom stereocenters. The van der Waals surface area contributed by atoms with Gasteiger partial charge in [-0.05, 0) is 45.0 Å². The zero-order valence-electron chi connectivity index (χ0n) is 14.9. The van der Waals surface area contributed by atoms with E-state index in [-0.39, 0.29) is 0 Å². The number of nitrogens with zero attached hydrogens (tertiary/aromatic N) is 1. The van der Waals surface area contributed by atoms with Crippen LogP contribution in [0.2, 0.25) is 0 Å². The van der Waals surface area contributed by atoms with Gasteiger partial charge in [0.25, 0.3) is 0 Å². The molecule has 0 bridgehead atoms. The minimum Gasteiger partial charge on any atom is -0.493 e. The molecule has 0 saturated heterocycles. The van der Waals surface area contributed by atoms with Crippen molar-refractivity contribution in [3.63, 3.8) is 0 Å². The van der Waals surface area contributed by atoms with E-state index < -0.39 is 0 Å². The fourth-order valence-corrected chi connectivity index (χ4v) is 3.08. The van der Waals surface area contributed by atoms with Crippen LogP contribution in [0, 0.1) is 17.8 Å². The number of benzene rings is 1. The van der Waals surface area contributed by atoms with E-state index in [4.69, 9.17) is 9.47 Å². The normalized spacial score (nSPS) is 15.2. The van der Waals surface area contributed by atoms with Crippen LogP contribution >= 0.6 is 0 Å². The van der Waals surface area contributed by atoms with Gasteiger partial charge in [0.15, 0.2) is 11.5 Å². The second kappa shape index (κ2) is 8.84. The van der Waals surface area contributed by atoms with Gasteiger partial charge < -0.3 is 14.4 Å². The second-order valence-electron chi connectivity index (χ2n) is 6.49. The molecule has 0 N–H and O–H groups in total. The van der Waals surface area contributed by atoms with Crippen molar-refractivity contribution in [3.8, 4) is 23.3 Å². The van der Waals surface area contributed by atoms with Crippen LogP contribution in [0.5, 0.6) is 11.5 Å². The highest BCUT2D eigenvalue weighted by atomic mass is 16.5. The predicted octanol–water partition coefficient (Wildman–Crippen LogP) is 3.74. The van der Waals surface area contributed by atoms with E-state index in [2.05, 4.69) is 36.9 Å². The third-order valence-corrected chi connectivity index (χ3v) is 4.47. The molecule has 126 valence electrons. The maximum absolute atomic E-state index is 5.61. The Bertz CT molecular complexity index is 563.